The van der Waals surface area contributed by atoms with E-state index in [2.05, 4.69) is 9.98 Å². The molecule has 119 valence electrons. The Morgan fingerprint density at radius 3 is 2.52 bits per heavy atom. The van der Waals surface area contributed by atoms with Crippen LogP contribution in [-0.4, -0.2) is 48.4 Å². The SMILES string of the molecule is Cc1ncc(CO)c(C=NCCN(C)C)c1[O-].[Cu+2].[N-]=[N+]=[N-]. The topological polar surface area (TPSA) is 130 Å². The second kappa shape index (κ2) is 12.1. The van der Waals surface area contributed by atoms with Crippen molar-refractivity contribution in [1.82, 2.24) is 9.88 Å². The molecule has 0 bridgehead atoms. The summed E-state index contributed by atoms with van der Waals surface area (Å²) in [5.41, 5.74) is 14.9. The number of aromatic nitrogens is 1. The van der Waals surface area contributed by atoms with Gasteiger partial charge in [0.1, 0.15) is 0 Å². The first kappa shape index (κ1) is 21.7. The van der Waals surface area contributed by atoms with Gasteiger partial charge in [0, 0.05) is 30.2 Å². The molecular formula is C12H18CuN6O2. The minimum Gasteiger partial charge on any atom is -0.871 e. The van der Waals surface area contributed by atoms with Gasteiger partial charge in [-0.25, -0.2) is 0 Å². The minimum absolute atomic E-state index is 0. The van der Waals surface area contributed by atoms with Crippen LogP contribution in [0.2, 0.25) is 0 Å². The molecule has 0 amide bonds. The third kappa shape index (κ3) is 8.29. The smallest absolute Gasteiger partial charge is 0.871 e. The van der Waals surface area contributed by atoms with Crippen molar-refractivity contribution in [2.24, 2.45) is 4.99 Å². The summed E-state index contributed by atoms with van der Waals surface area (Å²) in [6, 6.07) is 0. The number of hydrogen-bond donors (Lipinski definition) is 1. The van der Waals surface area contributed by atoms with E-state index in [0.29, 0.717) is 23.4 Å². The Morgan fingerprint density at radius 2 is 2.05 bits per heavy atom. The summed E-state index contributed by atoms with van der Waals surface area (Å²) in [5.74, 6) is -0.162. The van der Waals surface area contributed by atoms with E-state index < -0.39 is 0 Å². The van der Waals surface area contributed by atoms with Gasteiger partial charge >= 0.3 is 17.1 Å². The van der Waals surface area contributed by atoms with E-state index in [1.54, 1.807) is 6.92 Å². The molecule has 0 atom stereocenters. The summed E-state index contributed by atoms with van der Waals surface area (Å²) in [6.45, 7) is 2.90. The molecule has 9 heteroatoms. The average molecular weight is 342 g/mol. The van der Waals surface area contributed by atoms with E-state index in [1.807, 2.05) is 19.0 Å². The summed E-state index contributed by atoms with van der Waals surface area (Å²) < 4.78 is 0. The number of aliphatic hydroxyl groups excluding tert-OH is 1. The van der Waals surface area contributed by atoms with Crippen LogP contribution in [-0.2, 0) is 23.7 Å². The van der Waals surface area contributed by atoms with Crippen molar-refractivity contribution in [3.05, 3.63) is 39.0 Å². The molecule has 0 saturated heterocycles. The number of likely N-dealkylation sites (N-methyl/N-ethyl adjacent to an activating group) is 1. The Bertz CT molecular complexity index is 487. The number of aliphatic imine (C=N–C) groups is 1. The molecule has 0 fully saturated rings. The molecule has 0 unspecified atom stereocenters. The maximum Gasteiger partial charge on any atom is 2.00 e. The van der Waals surface area contributed by atoms with Crippen LogP contribution in [0.4, 0.5) is 0 Å². The van der Waals surface area contributed by atoms with E-state index in [0.717, 1.165) is 6.54 Å². The number of aliphatic hydroxyl groups is 1. The van der Waals surface area contributed by atoms with Gasteiger partial charge in [0.15, 0.2) is 0 Å². The Hall–Kier alpha value is -1.63. The quantitative estimate of drug-likeness (QED) is 0.279. The number of hydrogen-bond acceptors (Lipinski definition) is 5. The van der Waals surface area contributed by atoms with Crippen molar-refractivity contribution in [2.45, 2.75) is 13.5 Å². The van der Waals surface area contributed by atoms with E-state index >= 15 is 0 Å². The molecule has 1 rings (SSSR count). The molecule has 8 nitrogen and oxygen atoms in total. The number of nitrogens with zero attached hydrogens (tertiary/aromatic N) is 6. The van der Waals surface area contributed by atoms with Gasteiger partial charge in [0.2, 0.25) is 0 Å². The molecule has 1 aromatic rings. The largest absolute Gasteiger partial charge is 2.00 e. The van der Waals surface area contributed by atoms with Crippen LogP contribution < -0.4 is 5.11 Å². The zero-order chi connectivity index (χ0) is 15.5. The predicted octanol–water partition coefficient (Wildman–Crippen LogP) is 0.800. The van der Waals surface area contributed by atoms with Crippen molar-refractivity contribution in [3.63, 3.8) is 0 Å². The van der Waals surface area contributed by atoms with Crippen LogP contribution in [0.5, 0.6) is 5.75 Å². The molecule has 0 aliphatic rings. The third-order valence-electron chi connectivity index (χ3n) is 2.40. The van der Waals surface area contributed by atoms with Crippen LogP contribution >= 0.6 is 0 Å². The molecule has 0 aromatic carbocycles. The minimum atomic E-state index is -0.197. The predicted molar refractivity (Wildman–Crippen MR) is 75.4 cm³/mol. The second-order valence-electron chi connectivity index (χ2n) is 4.20. The zero-order valence-electron chi connectivity index (χ0n) is 12.1. The first-order valence-corrected chi connectivity index (χ1v) is 5.87. The molecule has 1 N–H and O–H groups in total. The fourth-order valence-corrected chi connectivity index (χ4v) is 1.32. The van der Waals surface area contributed by atoms with E-state index in [-0.39, 0.29) is 29.4 Å². The zero-order valence-corrected chi connectivity index (χ0v) is 13.1. The number of pyridine rings is 1. The number of aryl methyl sites for hydroxylation is 1. The summed E-state index contributed by atoms with van der Waals surface area (Å²) in [5, 5.41) is 20.9. The van der Waals surface area contributed by atoms with Gasteiger partial charge in [-0.15, -0.1) is 0 Å². The summed E-state index contributed by atoms with van der Waals surface area (Å²) in [6.07, 6.45) is 3.05. The van der Waals surface area contributed by atoms with Gasteiger partial charge in [-0.2, -0.15) is 0 Å². The van der Waals surface area contributed by atoms with Gasteiger partial charge in [0.25, 0.3) is 0 Å². The van der Waals surface area contributed by atoms with Crippen LogP contribution in [0.15, 0.2) is 11.2 Å². The summed E-state index contributed by atoms with van der Waals surface area (Å²) in [4.78, 5) is 11.6. The van der Waals surface area contributed by atoms with Gasteiger partial charge in [0.05, 0.1) is 13.2 Å². The van der Waals surface area contributed by atoms with Crippen LogP contribution in [0.3, 0.4) is 0 Å². The fraction of sp³-hybridized carbons (Fsp3) is 0.500. The van der Waals surface area contributed by atoms with Gasteiger partial charge in [-0.05, 0) is 26.6 Å². The molecule has 0 saturated carbocycles. The molecule has 0 spiro atoms. The van der Waals surface area contributed by atoms with Crippen molar-refractivity contribution in [3.8, 4) is 5.75 Å². The molecule has 1 aromatic heterocycles. The van der Waals surface area contributed by atoms with Crippen molar-refractivity contribution >= 4 is 6.21 Å². The summed E-state index contributed by atoms with van der Waals surface area (Å²) >= 11 is 0. The van der Waals surface area contributed by atoms with E-state index in [9.17, 15) is 5.11 Å². The normalized spacial score (nSPS) is 9.76. The Kier molecular flexibility index (Phi) is 12.5. The van der Waals surface area contributed by atoms with Gasteiger partial charge in [-0.3, -0.25) is 14.9 Å². The Labute approximate surface area is 134 Å². The second-order valence-corrected chi connectivity index (χ2v) is 4.20. The van der Waals surface area contributed by atoms with E-state index in [1.165, 1.54) is 17.3 Å². The maximum atomic E-state index is 11.8. The van der Waals surface area contributed by atoms with Crippen molar-refractivity contribution in [2.75, 3.05) is 27.2 Å². The third-order valence-corrected chi connectivity index (χ3v) is 2.40. The molecule has 1 radical (unpaired) electrons. The maximum absolute atomic E-state index is 11.8. The standard InChI is InChI=1S/C12H19N3O2.Cu.N3/c1-9-12(17)11(10(8-16)6-14-9)7-13-4-5-15(2)3;;1-3-2/h6-7,16-17H,4-5,8H2,1-3H3;;/q;+2;-1/p-1. The molecular weight excluding hydrogens is 324 g/mol. The van der Waals surface area contributed by atoms with Gasteiger partial charge < -0.3 is 26.2 Å². The van der Waals surface area contributed by atoms with Crippen LogP contribution in [0, 0.1) is 6.92 Å². The average Bonchev–Trinajstić information content (AvgIpc) is 2.40. The number of rotatable bonds is 5. The molecule has 21 heavy (non-hydrogen) atoms. The van der Waals surface area contributed by atoms with Crippen LogP contribution in [0.25, 0.3) is 16.0 Å². The Morgan fingerprint density at radius 1 is 1.48 bits per heavy atom. The summed E-state index contributed by atoms with van der Waals surface area (Å²) in [7, 11) is 3.93. The van der Waals surface area contributed by atoms with Crippen molar-refractivity contribution < 1.29 is 27.3 Å². The first-order chi connectivity index (χ1) is 9.47. The molecule has 1 heterocycles. The first-order valence-electron chi connectivity index (χ1n) is 5.87. The van der Waals surface area contributed by atoms with Gasteiger partial charge in [-0.1, -0.05) is 5.75 Å². The Balaban J connectivity index is 0. The molecule has 0 aliphatic carbocycles. The van der Waals surface area contributed by atoms with E-state index in [4.69, 9.17) is 16.2 Å². The fourth-order valence-electron chi connectivity index (χ4n) is 1.32. The molecule has 0 aliphatic heterocycles. The van der Waals surface area contributed by atoms with Crippen molar-refractivity contribution in [1.29, 1.82) is 0 Å². The van der Waals surface area contributed by atoms with Crippen LogP contribution in [0.1, 0.15) is 16.8 Å². The monoisotopic (exact) mass is 341 g/mol.